The molecule has 2 nitrogen and oxygen atoms in total. The molecule has 11 aromatic carbocycles. The van der Waals surface area contributed by atoms with Gasteiger partial charge < -0.3 is 9.13 Å². The molecule has 16 radical (unpaired) electrons. The van der Waals surface area contributed by atoms with Crippen LogP contribution in [0, 0.1) is 0 Å². The maximum absolute atomic E-state index is 6.97. The molecule has 0 N–H and O–H groups in total. The first-order valence-electron chi connectivity index (χ1n) is 25.5. The van der Waals surface area contributed by atoms with Gasteiger partial charge in [-0.1, -0.05) is 149 Å². The highest BCUT2D eigenvalue weighted by atomic mass is 32.3. The van der Waals surface area contributed by atoms with E-state index in [1.807, 2.05) is 4.57 Å². The summed E-state index contributed by atoms with van der Waals surface area (Å²) in [5, 5.41) is 2.96. The van der Waals surface area contributed by atoms with Crippen molar-refractivity contribution in [2.45, 2.75) is 39.2 Å². The molecule has 0 unspecified atom stereocenters. The maximum atomic E-state index is 6.97. The number of aromatic nitrogens is 2. The fraction of sp³-hybridized carbons (Fsp3) is 0. The molecule has 78 heavy (non-hydrogen) atoms. The maximum Gasteiger partial charge on any atom is 0.115 e. The first-order chi connectivity index (χ1) is 38.1. The summed E-state index contributed by atoms with van der Waals surface area (Å²) in [5.41, 5.74) is 6.11. The van der Waals surface area contributed by atoms with Gasteiger partial charge in [0, 0.05) is 72.3 Å². The first kappa shape index (κ1) is 49.8. The van der Waals surface area contributed by atoms with Gasteiger partial charge in [0.2, 0.25) is 0 Å². The largest absolute Gasteiger partial charge is 0.311 e. The number of fused-ring (bicyclic) bond motifs is 6. The van der Waals surface area contributed by atoms with Crippen molar-refractivity contribution >= 4 is 170 Å². The molecule has 0 aliphatic heterocycles. The molecule has 13 rings (SSSR count). The van der Waals surface area contributed by atoms with Crippen molar-refractivity contribution in [3.8, 4) is 11.4 Å². The van der Waals surface area contributed by atoms with E-state index in [4.69, 9.17) is 62.8 Å². The van der Waals surface area contributed by atoms with E-state index < -0.39 is 20.1 Å². The average molecular weight is 1010 g/mol. The van der Waals surface area contributed by atoms with Crippen LogP contribution in [0.2, 0.25) is 0 Å². The van der Waals surface area contributed by atoms with Crippen LogP contribution in [0.15, 0.2) is 282 Å². The first-order valence-corrected chi connectivity index (χ1v) is 28.8. The van der Waals surface area contributed by atoms with Crippen LogP contribution in [0.25, 0.3) is 55.0 Å². The Morgan fingerprint density at radius 2 is 0.551 bits per heavy atom. The SMILES string of the molecule is [B]c1c([B])c([B])c2c(c1[B])c1c([B])c([B])c([B])c([B])c1n2-c1ccc2c(c1)c1ccccc1n2-c1cc(S(c2ccccc2)(c2ccccc2)c2ccccc2)cc(S(c2ccccc2)(c2ccccc2)c2ccccc2)c1. The van der Waals surface area contributed by atoms with Crippen molar-refractivity contribution in [1.29, 1.82) is 0 Å². The zero-order valence-corrected chi connectivity index (χ0v) is 44.1. The van der Waals surface area contributed by atoms with Crippen molar-refractivity contribution < 1.29 is 0 Å². The van der Waals surface area contributed by atoms with Crippen molar-refractivity contribution in [1.82, 2.24) is 9.13 Å². The molecule has 0 saturated heterocycles. The van der Waals surface area contributed by atoms with E-state index in [-0.39, 0.29) is 43.7 Å². The number of nitrogens with zero attached hydrogens (tertiary/aromatic N) is 2. The number of benzene rings is 11. The summed E-state index contributed by atoms with van der Waals surface area (Å²) in [4.78, 5) is 9.66. The molecule has 0 saturated carbocycles. The van der Waals surface area contributed by atoms with Crippen LogP contribution in [0.1, 0.15) is 0 Å². The molecule has 350 valence electrons. The Balaban J connectivity index is 1.20. The molecule has 13 aromatic rings. The van der Waals surface area contributed by atoms with E-state index in [9.17, 15) is 0 Å². The van der Waals surface area contributed by atoms with Crippen molar-refractivity contribution in [3.05, 3.63) is 243 Å². The zero-order valence-electron chi connectivity index (χ0n) is 42.4. The van der Waals surface area contributed by atoms with E-state index in [1.54, 1.807) is 0 Å². The van der Waals surface area contributed by atoms with Gasteiger partial charge in [-0.05, 0) is 126 Å². The minimum Gasteiger partial charge on any atom is -0.311 e. The third-order valence-corrected chi connectivity index (χ3v) is 23.0. The second-order valence-electron chi connectivity index (χ2n) is 19.4. The molecule has 0 aliphatic rings. The lowest BCUT2D eigenvalue weighted by molar-refractivity contribution is 1.11. The average Bonchev–Trinajstić information content (AvgIpc) is 4.19. The third-order valence-electron chi connectivity index (χ3n) is 15.3. The predicted molar refractivity (Wildman–Crippen MR) is 338 cm³/mol. The van der Waals surface area contributed by atoms with Gasteiger partial charge in [0.15, 0.2) is 0 Å². The number of para-hydroxylation sites is 1. The van der Waals surface area contributed by atoms with Gasteiger partial charge in [-0.25, -0.2) is 0 Å². The van der Waals surface area contributed by atoms with Crippen LogP contribution in [0.4, 0.5) is 0 Å². The Hall–Kier alpha value is -7.76. The van der Waals surface area contributed by atoms with Crippen LogP contribution in [-0.4, -0.2) is 71.9 Å². The highest BCUT2D eigenvalue weighted by Crippen LogP contribution is 2.77. The molecule has 2 aromatic heterocycles. The van der Waals surface area contributed by atoms with E-state index in [2.05, 4.69) is 247 Å². The summed E-state index contributed by atoms with van der Waals surface area (Å²) in [6.07, 6.45) is 0. The quantitative estimate of drug-likeness (QED) is 0.121. The lowest BCUT2D eigenvalue weighted by atomic mass is 9.63. The van der Waals surface area contributed by atoms with Gasteiger partial charge in [-0.2, -0.15) is 0 Å². The summed E-state index contributed by atoms with van der Waals surface area (Å²) in [7, 11) is 49.5. The van der Waals surface area contributed by atoms with E-state index in [0.29, 0.717) is 27.5 Å². The number of hydrogen-bond donors (Lipinski definition) is 0. The smallest absolute Gasteiger partial charge is 0.115 e. The van der Waals surface area contributed by atoms with Crippen LogP contribution in [0.3, 0.4) is 0 Å². The Morgan fingerprint density at radius 1 is 0.231 bits per heavy atom. The Labute approximate surface area is 469 Å². The number of rotatable bonds is 10. The second-order valence-corrected chi connectivity index (χ2v) is 25.6. The molecular formula is C66H40B8N2S2. The van der Waals surface area contributed by atoms with Gasteiger partial charge in [0.25, 0.3) is 0 Å². The van der Waals surface area contributed by atoms with Crippen molar-refractivity contribution in [2.24, 2.45) is 0 Å². The minimum atomic E-state index is -2.25. The molecule has 0 fully saturated rings. The van der Waals surface area contributed by atoms with E-state index in [1.165, 1.54) is 39.2 Å². The minimum absolute atomic E-state index is 0.142. The van der Waals surface area contributed by atoms with Gasteiger partial charge in [0.1, 0.15) is 62.8 Å². The molecule has 0 atom stereocenters. The summed E-state index contributed by atoms with van der Waals surface area (Å²) >= 11 is 0. The fourth-order valence-electron chi connectivity index (χ4n) is 11.8. The summed E-state index contributed by atoms with van der Waals surface area (Å²) in [5.74, 6) is 0. The van der Waals surface area contributed by atoms with Crippen LogP contribution in [-0.2, 0) is 0 Å². The lowest BCUT2D eigenvalue weighted by Gasteiger charge is -2.45. The Bertz CT molecular complexity index is 4050. The normalized spacial score (nSPS) is 12.4. The second kappa shape index (κ2) is 19.6. The molecule has 0 spiro atoms. The van der Waals surface area contributed by atoms with Gasteiger partial charge in [0.05, 0.1) is 11.0 Å². The van der Waals surface area contributed by atoms with E-state index >= 15 is 0 Å². The highest BCUT2D eigenvalue weighted by Gasteiger charge is 2.39. The van der Waals surface area contributed by atoms with Gasteiger partial charge in [-0.3, -0.25) is 0 Å². The standard InChI is InChI=1S/C66H40B8N2S2/c67-57-55-56-58(68)60(70)62(72)64(74)66(56)76(65(55)63(73)61(71)59(57)69)41-35-36-54-52(39-41)51-33-19-20-34-53(51)75(54)42-37-49(77(43-21-7-1-8-22-43,44-23-9-2-10-24-44)45-25-11-3-12-26-45)40-50(38-42)78(46-27-13-4-14-28-46,47-29-15-5-16-30-47)48-31-17-6-18-32-48/h1-40H. The van der Waals surface area contributed by atoms with Crippen LogP contribution < -0.4 is 43.7 Å². The van der Waals surface area contributed by atoms with Crippen molar-refractivity contribution in [2.75, 3.05) is 0 Å². The number of hydrogen-bond acceptors (Lipinski definition) is 0. The monoisotopic (exact) mass is 1010 g/mol. The van der Waals surface area contributed by atoms with Gasteiger partial charge >= 0.3 is 0 Å². The van der Waals surface area contributed by atoms with Gasteiger partial charge in [-0.15, -0.1) is 41.9 Å². The predicted octanol–water partition coefficient (Wildman–Crippen LogP) is 8.91. The Kier molecular flexibility index (Phi) is 12.5. The molecule has 0 bridgehead atoms. The molecular weight excluding hydrogens is 971 g/mol. The molecule has 12 heteroatoms. The van der Waals surface area contributed by atoms with Crippen molar-refractivity contribution in [3.63, 3.8) is 0 Å². The highest BCUT2D eigenvalue weighted by molar-refractivity contribution is 8.34. The molecule has 2 heterocycles. The summed E-state index contributed by atoms with van der Waals surface area (Å²) in [6.45, 7) is 0. The topological polar surface area (TPSA) is 9.86 Å². The molecule has 0 amide bonds. The third kappa shape index (κ3) is 7.40. The fourth-order valence-corrected chi connectivity index (χ4v) is 19.7. The van der Waals surface area contributed by atoms with Crippen LogP contribution >= 0.6 is 20.1 Å². The lowest BCUT2D eigenvalue weighted by Crippen LogP contribution is -2.49. The van der Waals surface area contributed by atoms with Crippen LogP contribution in [0.5, 0.6) is 0 Å². The van der Waals surface area contributed by atoms with E-state index in [0.717, 1.165) is 27.5 Å². The zero-order chi connectivity index (χ0) is 53.5. The Morgan fingerprint density at radius 3 is 0.923 bits per heavy atom. The summed E-state index contributed by atoms with van der Waals surface area (Å²) in [6, 6.07) is 88.6. The summed E-state index contributed by atoms with van der Waals surface area (Å²) < 4.78 is 4.35. The molecule has 0 aliphatic carbocycles.